The summed E-state index contributed by atoms with van der Waals surface area (Å²) < 4.78 is 43.0. The molecule has 1 amide bonds. The number of ether oxygens (including phenoxy) is 3. The van der Waals surface area contributed by atoms with E-state index in [4.69, 9.17) is 14.2 Å². The lowest BCUT2D eigenvalue weighted by Gasteiger charge is -2.20. The molecule has 3 rings (SSSR count). The Morgan fingerprint density at radius 1 is 0.848 bits per heavy atom. The molecule has 0 aliphatic heterocycles. The fourth-order valence-corrected chi connectivity index (χ4v) is 4.43. The van der Waals surface area contributed by atoms with Crippen molar-refractivity contribution in [2.24, 2.45) is 0 Å². The number of methoxy groups -OCH3 is 3. The van der Waals surface area contributed by atoms with Crippen molar-refractivity contribution in [1.29, 1.82) is 0 Å². The Balaban J connectivity index is 1.74. The van der Waals surface area contributed by atoms with Crippen LogP contribution in [0.4, 0.5) is 5.69 Å². The van der Waals surface area contributed by atoms with Crippen molar-refractivity contribution in [3.05, 3.63) is 77.9 Å². The van der Waals surface area contributed by atoms with Gasteiger partial charge in [-0.3, -0.25) is 9.10 Å². The average molecular weight is 471 g/mol. The third kappa shape index (κ3) is 5.20. The first-order chi connectivity index (χ1) is 15.8. The molecule has 0 unspecified atom stereocenters. The minimum atomic E-state index is -3.85. The van der Waals surface area contributed by atoms with Crippen LogP contribution in [0.1, 0.15) is 15.9 Å². The molecular weight excluding hydrogens is 444 g/mol. The molecule has 8 nitrogen and oxygen atoms in total. The van der Waals surface area contributed by atoms with E-state index in [9.17, 15) is 13.2 Å². The first kappa shape index (κ1) is 23.9. The lowest BCUT2D eigenvalue weighted by Crippen LogP contribution is -2.27. The van der Waals surface area contributed by atoms with E-state index in [1.807, 2.05) is 24.3 Å². The zero-order chi connectivity index (χ0) is 24.0. The van der Waals surface area contributed by atoms with Crippen molar-refractivity contribution < 1.29 is 27.4 Å². The maximum Gasteiger partial charge on any atom is 0.264 e. The largest absolute Gasteiger partial charge is 0.496 e. The number of nitrogens with zero attached hydrogens (tertiary/aromatic N) is 1. The van der Waals surface area contributed by atoms with Gasteiger partial charge in [-0.25, -0.2) is 8.42 Å². The molecule has 3 aromatic carbocycles. The van der Waals surface area contributed by atoms with E-state index in [0.29, 0.717) is 35.0 Å². The zero-order valence-electron chi connectivity index (χ0n) is 18.9. The maximum absolute atomic E-state index is 13.1. The standard InChI is InChI=1S/C24H26N2O6S/c1-26(33(28,29)20-13-14-22(31-3)23(15-20)32-4)19-11-9-17(10-12-19)24(27)25-16-18-7-5-6-8-21(18)30-2/h5-15H,16H2,1-4H3,(H,25,27). The average Bonchev–Trinajstić information content (AvgIpc) is 2.86. The summed E-state index contributed by atoms with van der Waals surface area (Å²) in [4.78, 5) is 12.6. The number of carbonyl (C=O) groups is 1. The number of rotatable bonds is 9. The lowest BCUT2D eigenvalue weighted by atomic mass is 10.1. The second-order valence-corrected chi connectivity index (χ2v) is 9.00. The molecule has 1 N–H and O–H groups in total. The Morgan fingerprint density at radius 3 is 2.12 bits per heavy atom. The van der Waals surface area contributed by atoms with Crippen LogP contribution < -0.4 is 23.8 Å². The molecule has 3 aromatic rings. The second-order valence-electron chi connectivity index (χ2n) is 7.03. The summed E-state index contributed by atoms with van der Waals surface area (Å²) in [5.41, 5.74) is 1.67. The molecule has 174 valence electrons. The van der Waals surface area contributed by atoms with Crippen molar-refractivity contribution in [3.8, 4) is 17.2 Å². The van der Waals surface area contributed by atoms with Gasteiger partial charge in [-0.2, -0.15) is 0 Å². The van der Waals surface area contributed by atoms with Crippen LogP contribution in [0.25, 0.3) is 0 Å². The number of sulfonamides is 1. The number of anilines is 1. The van der Waals surface area contributed by atoms with Crippen molar-refractivity contribution in [1.82, 2.24) is 5.32 Å². The van der Waals surface area contributed by atoms with Gasteiger partial charge in [0.15, 0.2) is 11.5 Å². The fourth-order valence-electron chi connectivity index (χ4n) is 3.22. The molecule has 33 heavy (non-hydrogen) atoms. The van der Waals surface area contributed by atoms with Gasteiger partial charge in [0.05, 0.1) is 31.9 Å². The number of nitrogens with one attached hydrogen (secondary N) is 1. The van der Waals surface area contributed by atoms with E-state index >= 15 is 0 Å². The van der Waals surface area contributed by atoms with E-state index < -0.39 is 10.0 Å². The van der Waals surface area contributed by atoms with E-state index in [1.54, 1.807) is 31.4 Å². The van der Waals surface area contributed by atoms with E-state index in [1.165, 1.54) is 39.5 Å². The highest BCUT2D eigenvalue weighted by Gasteiger charge is 2.23. The quantitative estimate of drug-likeness (QED) is 0.515. The predicted molar refractivity (Wildman–Crippen MR) is 126 cm³/mol. The van der Waals surface area contributed by atoms with Crippen LogP contribution in [0.5, 0.6) is 17.2 Å². The van der Waals surface area contributed by atoms with E-state index in [0.717, 1.165) is 9.87 Å². The molecule has 0 saturated carbocycles. The van der Waals surface area contributed by atoms with Crippen LogP contribution in [0.3, 0.4) is 0 Å². The monoisotopic (exact) mass is 470 g/mol. The Bertz CT molecular complexity index is 1230. The topological polar surface area (TPSA) is 94.2 Å². The minimum Gasteiger partial charge on any atom is -0.496 e. The van der Waals surface area contributed by atoms with Gasteiger partial charge in [-0.05, 0) is 42.5 Å². The van der Waals surface area contributed by atoms with Crippen LogP contribution in [-0.2, 0) is 16.6 Å². The molecule has 0 atom stereocenters. The molecule has 0 aliphatic carbocycles. The highest BCUT2D eigenvalue weighted by molar-refractivity contribution is 7.92. The first-order valence-electron chi connectivity index (χ1n) is 10.0. The molecular formula is C24H26N2O6S. The van der Waals surface area contributed by atoms with Gasteiger partial charge >= 0.3 is 0 Å². The summed E-state index contributed by atoms with van der Waals surface area (Å²) in [6.07, 6.45) is 0. The summed E-state index contributed by atoms with van der Waals surface area (Å²) in [5, 5.41) is 2.84. The van der Waals surface area contributed by atoms with Gasteiger partial charge in [0, 0.05) is 30.8 Å². The van der Waals surface area contributed by atoms with Gasteiger partial charge in [0.2, 0.25) is 0 Å². The Kier molecular flexibility index (Phi) is 7.44. The Hall–Kier alpha value is -3.72. The van der Waals surface area contributed by atoms with Crippen LogP contribution in [0, 0.1) is 0 Å². The number of carbonyl (C=O) groups excluding carboxylic acids is 1. The second kappa shape index (κ2) is 10.3. The van der Waals surface area contributed by atoms with Crippen molar-refractivity contribution in [2.75, 3.05) is 32.7 Å². The molecule has 0 aliphatic rings. The van der Waals surface area contributed by atoms with Crippen LogP contribution in [-0.4, -0.2) is 42.7 Å². The molecule has 0 bridgehead atoms. The summed E-state index contributed by atoms with van der Waals surface area (Å²) in [5.74, 6) is 1.16. The molecule has 0 spiro atoms. The van der Waals surface area contributed by atoms with Gasteiger partial charge in [-0.1, -0.05) is 18.2 Å². The van der Waals surface area contributed by atoms with E-state index in [2.05, 4.69) is 5.32 Å². The number of para-hydroxylation sites is 1. The van der Waals surface area contributed by atoms with E-state index in [-0.39, 0.29) is 10.8 Å². The molecule has 9 heteroatoms. The summed E-state index contributed by atoms with van der Waals surface area (Å²) in [6, 6.07) is 18.1. The third-order valence-electron chi connectivity index (χ3n) is 5.14. The zero-order valence-corrected chi connectivity index (χ0v) is 19.7. The van der Waals surface area contributed by atoms with Gasteiger partial charge in [0.25, 0.3) is 15.9 Å². The number of hydrogen-bond donors (Lipinski definition) is 1. The molecule has 0 saturated heterocycles. The molecule has 0 radical (unpaired) electrons. The van der Waals surface area contributed by atoms with Gasteiger partial charge in [-0.15, -0.1) is 0 Å². The van der Waals surface area contributed by atoms with Crippen molar-refractivity contribution >= 4 is 21.6 Å². The molecule has 0 heterocycles. The third-order valence-corrected chi connectivity index (χ3v) is 6.92. The normalized spacial score (nSPS) is 10.9. The highest BCUT2D eigenvalue weighted by atomic mass is 32.2. The summed E-state index contributed by atoms with van der Waals surface area (Å²) in [6.45, 7) is 0.304. The van der Waals surface area contributed by atoms with Gasteiger partial charge < -0.3 is 19.5 Å². The Morgan fingerprint density at radius 2 is 1.48 bits per heavy atom. The summed E-state index contributed by atoms with van der Waals surface area (Å²) >= 11 is 0. The minimum absolute atomic E-state index is 0.0567. The SMILES string of the molecule is COc1ccccc1CNC(=O)c1ccc(N(C)S(=O)(=O)c2ccc(OC)c(OC)c2)cc1. The number of hydrogen-bond acceptors (Lipinski definition) is 6. The Labute approximate surface area is 193 Å². The van der Waals surface area contributed by atoms with Crippen molar-refractivity contribution in [2.45, 2.75) is 11.4 Å². The number of benzene rings is 3. The van der Waals surface area contributed by atoms with Crippen LogP contribution >= 0.6 is 0 Å². The van der Waals surface area contributed by atoms with Crippen LogP contribution in [0.2, 0.25) is 0 Å². The molecule has 0 fully saturated rings. The smallest absolute Gasteiger partial charge is 0.264 e. The molecule has 0 aromatic heterocycles. The fraction of sp³-hybridized carbons (Fsp3) is 0.208. The maximum atomic E-state index is 13.1. The predicted octanol–water partition coefficient (Wildman–Crippen LogP) is 3.47. The lowest BCUT2D eigenvalue weighted by molar-refractivity contribution is 0.0950. The first-order valence-corrected chi connectivity index (χ1v) is 11.5. The van der Waals surface area contributed by atoms with Crippen LogP contribution in [0.15, 0.2) is 71.6 Å². The highest BCUT2D eigenvalue weighted by Crippen LogP contribution is 2.31. The van der Waals surface area contributed by atoms with Crippen molar-refractivity contribution in [3.63, 3.8) is 0 Å². The van der Waals surface area contributed by atoms with Gasteiger partial charge in [0.1, 0.15) is 5.75 Å². The number of amides is 1. The summed E-state index contributed by atoms with van der Waals surface area (Å²) in [7, 11) is 2.09.